The first kappa shape index (κ1) is 13.4. The van der Waals surface area contributed by atoms with E-state index in [1.807, 2.05) is 17.0 Å². The minimum atomic E-state index is 0.157. The number of nitrogens with zero attached hydrogens (tertiary/aromatic N) is 2. The molecule has 3 rings (SSSR count). The maximum atomic E-state index is 12.2. The maximum absolute atomic E-state index is 12.2. The third-order valence-corrected chi connectivity index (χ3v) is 4.27. The zero-order valence-corrected chi connectivity index (χ0v) is 11.9. The van der Waals surface area contributed by atoms with E-state index in [2.05, 4.69) is 29.2 Å². The van der Waals surface area contributed by atoms with Crippen molar-refractivity contribution in [2.75, 3.05) is 26.2 Å². The van der Waals surface area contributed by atoms with Gasteiger partial charge in [0, 0.05) is 13.1 Å². The fourth-order valence-electron chi connectivity index (χ4n) is 3.18. The van der Waals surface area contributed by atoms with Crippen molar-refractivity contribution in [3.8, 4) is 0 Å². The van der Waals surface area contributed by atoms with Crippen LogP contribution in [-0.4, -0.2) is 41.9 Å². The van der Waals surface area contributed by atoms with E-state index in [1.54, 1.807) is 6.08 Å². The Bertz CT molecular complexity index is 477. The minimum Gasteiger partial charge on any atom is -0.331 e. The smallest absolute Gasteiger partial charge is 0.246 e. The molecule has 106 valence electrons. The van der Waals surface area contributed by atoms with Crippen LogP contribution in [0.15, 0.2) is 42.5 Å². The molecule has 1 unspecified atom stereocenters. The maximum Gasteiger partial charge on any atom is 0.246 e. The Kier molecular flexibility index (Phi) is 4.16. The van der Waals surface area contributed by atoms with Crippen LogP contribution in [-0.2, 0) is 4.79 Å². The van der Waals surface area contributed by atoms with Crippen LogP contribution in [0.3, 0.4) is 0 Å². The molecule has 3 nitrogen and oxygen atoms in total. The van der Waals surface area contributed by atoms with Crippen molar-refractivity contribution < 1.29 is 4.79 Å². The van der Waals surface area contributed by atoms with Gasteiger partial charge in [-0.25, -0.2) is 0 Å². The van der Waals surface area contributed by atoms with Gasteiger partial charge in [0.15, 0.2) is 0 Å². The zero-order valence-electron chi connectivity index (χ0n) is 11.9. The van der Waals surface area contributed by atoms with Gasteiger partial charge in [0.05, 0.1) is 6.04 Å². The molecule has 1 saturated heterocycles. The summed E-state index contributed by atoms with van der Waals surface area (Å²) in [4.78, 5) is 16.7. The second kappa shape index (κ2) is 6.23. The molecule has 1 atom stereocenters. The van der Waals surface area contributed by atoms with Crippen molar-refractivity contribution in [3.05, 3.63) is 48.0 Å². The Hall–Kier alpha value is -1.61. The highest BCUT2D eigenvalue weighted by atomic mass is 16.2. The van der Waals surface area contributed by atoms with Crippen molar-refractivity contribution in [2.24, 2.45) is 0 Å². The van der Waals surface area contributed by atoms with Gasteiger partial charge in [0.2, 0.25) is 5.91 Å². The molecule has 1 aromatic rings. The van der Waals surface area contributed by atoms with Gasteiger partial charge in [0.1, 0.15) is 0 Å². The number of benzene rings is 1. The first-order valence-corrected chi connectivity index (χ1v) is 7.59. The molecule has 0 N–H and O–H groups in total. The Morgan fingerprint density at radius 3 is 2.50 bits per heavy atom. The van der Waals surface area contributed by atoms with Crippen LogP contribution in [0.25, 0.3) is 0 Å². The van der Waals surface area contributed by atoms with Crippen molar-refractivity contribution in [2.45, 2.75) is 25.3 Å². The molecule has 0 aliphatic carbocycles. The molecule has 0 radical (unpaired) electrons. The van der Waals surface area contributed by atoms with Crippen molar-refractivity contribution in [1.82, 2.24) is 9.80 Å². The Labute approximate surface area is 120 Å². The van der Waals surface area contributed by atoms with E-state index >= 15 is 0 Å². The third-order valence-electron chi connectivity index (χ3n) is 4.27. The van der Waals surface area contributed by atoms with Crippen molar-refractivity contribution >= 4 is 5.91 Å². The van der Waals surface area contributed by atoms with E-state index in [0.29, 0.717) is 0 Å². The molecule has 20 heavy (non-hydrogen) atoms. The molecule has 3 heteroatoms. The predicted octanol–water partition coefficient (Wildman–Crippen LogP) is 2.61. The quantitative estimate of drug-likeness (QED) is 0.839. The molecular formula is C17H22N2O. The molecule has 2 aliphatic rings. The molecule has 2 heterocycles. The van der Waals surface area contributed by atoms with Gasteiger partial charge in [0.25, 0.3) is 0 Å². The standard InChI is InChI=1S/C17H22N2O/c20-17-10-4-5-13-19(17)16(14-18-11-6-7-12-18)15-8-2-1-3-9-15/h1-4,8-10,16H,5-7,11-14H2. The summed E-state index contributed by atoms with van der Waals surface area (Å²) in [5.41, 5.74) is 1.25. The Morgan fingerprint density at radius 2 is 1.80 bits per heavy atom. The lowest BCUT2D eigenvalue weighted by molar-refractivity contribution is -0.129. The largest absolute Gasteiger partial charge is 0.331 e. The van der Waals surface area contributed by atoms with Crippen molar-refractivity contribution in [1.29, 1.82) is 0 Å². The van der Waals surface area contributed by atoms with Gasteiger partial charge in [-0.3, -0.25) is 4.79 Å². The molecule has 1 aromatic carbocycles. The van der Waals surface area contributed by atoms with Crippen LogP contribution >= 0.6 is 0 Å². The lowest BCUT2D eigenvalue weighted by Gasteiger charge is -2.35. The number of hydrogen-bond acceptors (Lipinski definition) is 2. The summed E-state index contributed by atoms with van der Waals surface area (Å²) in [6.45, 7) is 4.13. The Morgan fingerprint density at radius 1 is 1.05 bits per heavy atom. The highest BCUT2D eigenvalue weighted by Gasteiger charge is 2.27. The molecule has 1 amide bonds. The number of rotatable bonds is 4. The van der Waals surface area contributed by atoms with Crippen LogP contribution in [0, 0.1) is 0 Å². The van der Waals surface area contributed by atoms with Gasteiger partial charge in [-0.2, -0.15) is 0 Å². The number of amides is 1. The summed E-state index contributed by atoms with van der Waals surface area (Å²) in [6.07, 6.45) is 7.25. The highest BCUT2D eigenvalue weighted by molar-refractivity contribution is 5.88. The SMILES string of the molecule is O=C1C=CCCN1C(CN1CCCC1)c1ccccc1. The van der Waals surface area contributed by atoms with Gasteiger partial charge in [-0.05, 0) is 44.0 Å². The molecule has 1 fully saturated rings. The first-order valence-electron chi connectivity index (χ1n) is 7.59. The van der Waals surface area contributed by atoms with Crippen LogP contribution in [0.4, 0.5) is 0 Å². The monoisotopic (exact) mass is 270 g/mol. The number of carbonyl (C=O) groups excluding carboxylic acids is 1. The summed E-state index contributed by atoms with van der Waals surface area (Å²) >= 11 is 0. The second-order valence-corrected chi connectivity index (χ2v) is 5.66. The topological polar surface area (TPSA) is 23.6 Å². The lowest BCUT2D eigenvalue weighted by atomic mass is 10.0. The molecule has 0 bridgehead atoms. The number of carbonyl (C=O) groups is 1. The van der Waals surface area contributed by atoms with Gasteiger partial charge < -0.3 is 9.80 Å². The number of hydrogen-bond donors (Lipinski definition) is 0. The van der Waals surface area contributed by atoms with E-state index in [1.165, 1.54) is 31.5 Å². The molecule has 0 aromatic heterocycles. The van der Waals surface area contributed by atoms with E-state index in [4.69, 9.17) is 0 Å². The lowest BCUT2D eigenvalue weighted by Crippen LogP contribution is -2.41. The minimum absolute atomic E-state index is 0.157. The fraction of sp³-hybridized carbons (Fsp3) is 0.471. The average Bonchev–Trinajstić information content (AvgIpc) is 3.00. The normalized spacial score (nSPS) is 21.4. The average molecular weight is 270 g/mol. The van der Waals surface area contributed by atoms with Gasteiger partial charge in [-0.15, -0.1) is 0 Å². The van der Waals surface area contributed by atoms with Gasteiger partial charge in [-0.1, -0.05) is 36.4 Å². The molecular weight excluding hydrogens is 248 g/mol. The summed E-state index contributed by atoms with van der Waals surface area (Å²) < 4.78 is 0. The number of likely N-dealkylation sites (tertiary alicyclic amines) is 1. The fourth-order valence-corrected chi connectivity index (χ4v) is 3.18. The second-order valence-electron chi connectivity index (χ2n) is 5.66. The van der Waals surface area contributed by atoms with Crippen LogP contribution in [0.2, 0.25) is 0 Å². The first-order chi connectivity index (χ1) is 9.84. The molecule has 0 spiro atoms. The molecule has 2 aliphatic heterocycles. The predicted molar refractivity (Wildman–Crippen MR) is 80.3 cm³/mol. The summed E-state index contributed by atoms with van der Waals surface area (Å²) in [5.74, 6) is 0.157. The van der Waals surface area contributed by atoms with Gasteiger partial charge >= 0.3 is 0 Å². The molecule has 0 saturated carbocycles. The Balaban J connectivity index is 1.82. The van der Waals surface area contributed by atoms with E-state index in [-0.39, 0.29) is 11.9 Å². The van der Waals surface area contributed by atoms with Crippen molar-refractivity contribution in [3.63, 3.8) is 0 Å². The summed E-state index contributed by atoms with van der Waals surface area (Å²) in [7, 11) is 0. The zero-order chi connectivity index (χ0) is 13.8. The van der Waals surface area contributed by atoms with Crippen LogP contribution in [0.5, 0.6) is 0 Å². The van der Waals surface area contributed by atoms with E-state index in [9.17, 15) is 4.79 Å². The summed E-state index contributed by atoms with van der Waals surface area (Å²) in [5, 5.41) is 0. The third kappa shape index (κ3) is 2.93. The van der Waals surface area contributed by atoms with E-state index in [0.717, 1.165) is 19.5 Å². The van der Waals surface area contributed by atoms with Crippen LogP contribution in [0.1, 0.15) is 30.9 Å². The summed E-state index contributed by atoms with van der Waals surface area (Å²) in [6, 6.07) is 10.6. The van der Waals surface area contributed by atoms with Crippen LogP contribution < -0.4 is 0 Å². The highest BCUT2D eigenvalue weighted by Crippen LogP contribution is 2.25. The van der Waals surface area contributed by atoms with E-state index < -0.39 is 0 Å².